The average Bonchev–Trinajstić information content (AvgIpc) is 3.35. The van der Waals surface area contributed by atoms with Crippen molar-refractivity contribution in [2.24, 2.45) is 7.05 Å². The van der Waals surface area contributed by atoms with Crippen LogP contribution in [0.25, 0.3) is 11.1 Å². The lowest BCUT2D eigenvalue weighted by atomic mass is 10.00. The van der Waals surface area contributed by atoms with Crippen molar-refractivity contribution in [1.82, 2.24) is 20.1 Å². The fraction of sp³-hybridized carbons (Fsp3) is 0.238. The van der Waals surface area contributed by atoms with Crippen molar-refractivity contribution in [3.63, 3.8) is 0 Å². The summed E-state index contributed by atoms with van der Waals surface area (Å²) in [6.45, 7) is -0.108. The Hall–Kier alpha value is -3.48. The molecule has 0 saturated carbocycles. The molecule has 2 aromatic heterocycles. The van der Waals surface area contributed by atoms with Gasteiger partial charge in [0, 0.05) is 30.8 Å². The van der Waals surface area contributed by atoms with Crippen LogP contribution in [0.1, 0.15) is 28.2 Å². The summed E-state index contributed by atoms with van der Waals surface area (Å²) in [5.74, 6) is -0.620. The molecule has 7 nitrogen and oxygen atoms in total. The van der Waals surface area contributed by atoms with Gasteiger partial charge in [0.15, 0.2) is 0 Å². The van der Waals surface area contributed by atoms with Crippen LogP contribution >= 0.6 is 0 Å². The van der Waals surface area contributed by atoms with Gasteiger partial charge in [0.05, 0.1) is 6.54 Å². The van der Waals surface area contributed by atoms with Crippen molar-refractivity contribution in [2.75, 3.05) is 11.9 Å². The zero-order valence-corrected chi connectivity index (χ0v) is 15.6. The molecule has 0 unspecified atom stereocenters. The Balaban J connectivity index is 1.37. The third-order valence-corrected chi connectivity index (χ3v) is 4.93. The third kappa shape index (κ3) is 3.64. The van der Waals surface area contributed by atoms with Gasteiger partial charge in [0.2, 0.25) is 5.91 Å². The Morgan fingerprint density at radius 3 is 2.64 bits per heavy atom. The molecule has 1 aromatic carbocycles. The quantitative estimate of drug-likeness (QED) is 0.716. The Labute approximate surface area is 162 Å². The molecular formula is C21H21N5O2. The summed E-state index contributed by atoms with van der Waals surface area (Å²) < 4.78 is 1.46. The number of aryl methyl sites for hydroxylation is 2. The Morgan fingerprint density at radius 1 is 1.07 bits per heavy atom. The smallest absolute Gasteiger partial charge is 0.269 e. The number of anilines is 1. The predicted octanol–water partition coefficient (Wildman–Crippen LogP) is 2.34. The van der Waals surface area contributed by atoms with Crippen LogP contribution in [0.5, 0.6) is 0 Å². The van der Waals surface area contributed by atoms with Gasteiger partial charge in [-0.2, -0.15) is 5.10 Å². The molecular weight excluding hydrogens is 354 g/mol. The molecule has 0 bridgehead atoms. The number of nitrogens with zero attached hydrogens (tertiary/aromatic N) is 3. The predicted molar refractivity (Wildman–Crippen MR) is 106 cm³/mol. The van der Waals surface area contributed by atoms with E-state index in [0.29, 0.717) is 11.4 Å². The van der Waals surface area contributed by atoms with E-state index in [9.17, 15) is 9.59 Å². The molecule has 0 radical (unpaired) electrons. The number of carbonyl (C=O) groups excluding carboxylic acids is 2. The molecule has 2 heterocycles. The number of rotatable bonds is 5. The number of benzene rings is 1. The summed E-state index contributed by atoms with van der Waals surface area (Å²) in [7, 11) is 1.68. The first-order chi connectivity index (χ1) is 13.6. The largest absolute Gasteiger partial charge is 0.342 e. The summed E-state index contributed by atoms with van der Waals surface area (Å²) in [5.41, 5.74) is 5.94. The lowest BCUT2D eigenvalue weighted by Gasteiger charge is -2.10. The number of aromatic nitrogens is 3. The van der Waals surface area contributed by atoms with Crippen LogP contribution in [-0.2, 0) is 24.7 Å². The molecule has 0 atom stereocenters. The van der Waals surface area contributed by atoms with Crippen molar-refractivity contribution in [2.45, 2.75) is 19.3 Å². The first-order valence-electron chi connectivity index (χ1n) is 9.25. The number of nitrogens with one attached hydrogen (secondary N) is 2. The van der Waals surface area contributed by atoms with Gasteiger partial charge in [-0.05, 0) is 60.2 Å². The fourth-order valence-corrected chi connectivity index (χ4v) is 3.52. The molecule has 1 aliphatic carbocycles. The molecule has 2 N–H and O–H groups in total. The molecule has 0 fully saturated rings. The molecule has 3 aromatic rings. The van der Waals surface area contributed by atoms with Gasteiger partial charge < -0.3 is 10.6 Å². The van der Waals surface area contributed by atoms with E-state index in [4.69, 9.17) is 0 Å². The summed E-state index contributed by atoms with van der Waals surface area (Å²) in [5, 5.41) is 9.33. The summed E-state index contributed by atoms with van der Waals surface area (Å²) in [6.07, 6.45) is 6.65. The highest BCUT2D eigenvalue weighted by atomic mass is 16.2. The molecule has 142 valence electrons. The number of amides is 2. The maximum atomic E-state index is 12.1. The standard InChI is InChI=1S/C21H21N5O2/c1-26-19(10-12-24-26)21(28)23-13-20(27)25-15-7-5-14(6-8-15)16-9-11-22-18-4-2-3-17(16)18/h5-12H,2-4,13H2,1H3,(H,23,28)(H,25,27). The molecule has 7 heteroatoms. The van der Waals surface area contributed by atoms with E-state index in [1.165, 1.54) is 27.7 Å². The second-order valence-electron chi connectivity index (χ2n) is 6.79. The molecule has 1 aliphatic rings. The first-order valence-corrected chi connectivity index (χ1v) is 9.25. The number of carbonyl (C=O) groups is 2. The Kier molecular flexibility index (Phi) is 4.89. The van der Waals surface area contributed by atoms with Gasteiger partial charge >= 0.3 is 0 Å². The van der Waals surface area contributed by atoms with Gasteiger partial charge in [-0.3, -0.25) is 19.3 Å². The molecule has 2 amide bonds. The monoisotopic (exact) mass is 375 g/mol. The second-order valence-corrected chi connectivity index (χ2v) is 6.79. The van der Waals surface area contributed by atoms with Crippen molar-refractivity contribution >= 4 is 17.5 Å². The van der Waals surface area contributed by atoms with Gasteiger partial charge in [-0.15, -0.1) is 0 Å². The summed E-state index contributed by atoms with van der Waals surface area (Å²) >= 11 is 0. The van der Waals surface area contributed by atoms with Crippen LogP contribution in [0.3, 0.4) is 0 Å². The SMILES string of the molecule is Cn1nccc1C(=O)NCC(=O)Nc1ccc(-c2ccnc3c2CCC3)cc1. The van der Waals surface area contributed by atoms with Crippen LogP contribution in [0.4, 0.5) is 5.69 Å². The molecule has 0 spiro atoms. The lowest BCUT2D eigenvalue weighted by Crippen LogP contribution is -2.33. The van der Waals surface area contributed by atoms with E-state index in [2.05, 4.69) is 20.7 Å². The van der Waals surface area contributed by atoms with E-state index >= 15 is 0 Å². The first kappa shape index (κ1) is 17.9. The number of hydrogen-bond donors (Lipinski definition) is 2. The van der Waals surface area contributed by atoms with Crippen molar-refractivity contribution in [3.8, 4) is 11.1 Å². The highest BCUT2D eigenvalue weighted by Gasteiger charge is 2.16. The van der Waals surface area contributed by atoms with Crippen LogP contribution < -0.4 is 10.6 Å². The Morgan fingerprint density at radius 2 is 1.89 bits per heavy atom. The van der Waals surface area contributed by atoms with Gasteiger partial charge in [-0.1, -0.05) is 12.1 Å². The van der Waals surface area contributed by atoms with Crippen molar-refractivity contribution < 1.29 is 9.59 Å². The zero-order valence-electron chi connectivity index (χ0n) is 15.6. The Bertz CT molecular complexity index is 1020. The summed E-state index contributed by atoms with van der Waals surface area (Å²) in [4.78, 5) is 28.6. The van der Waals surface area contributed by atoms with E-state index in [1.54, 1.807) is 13.1 Å². The number of hydrogen-bond acceptors (Lipinski definition) is 4. The maximum absolute atomic E-state index is 12.1. The van der Waals surface area contributed by atoms with Crippen LogP contribution in [0.15, 0.2) is 48.8 Å². The van der Waals surface area contributed by atoms with Gasteiger partial charge in [-0.25, -0.2) is 0 Å². The zero-order chi connectivity index (χ0) is 19.5. The maximum Gasteiger partial charge on any atom is 0.269 e. The van der Waals surface area contributed by atoms with Gasteiger partial charge in [0.25, 0.3) is 5.91 Å². The minimum atomic E-state index is -0.336. The summed E-state index contributed by atoms with van der Waals surface area (Å²) in [6, 6.07) is 11.4. The van der Waals surface area contributed by atoms with Crippen molar-refractivity contribution in [1.29, 1.82) is 0 Å². The average molecular weight is 375 g/mol. The lowest BCUT2D eigenvalue weighted by molar-refractivity contribution is -0.115. The van der Waals surface area contributed by atoms with Gasteiger partial charge in [0.1, 0.15) is 5.69 Å². The molecule has 28 heavy (non-hydrogen) atoms. The number of pyridine rings is 1. The topological polar surface area (TPSA) is 88.9 Å². The normalized spacial score (nSPS) is 12.5. The van der Waals surface area contributed by atoms with Crippen LogP contribution in [0, 0.1) is 0 Å². The van der Waals surface area contributed by atoms with E-state index in [0.717, 1.165) is 24.8 Å². The molecule has 0 saturated heterocycles. The number of fused-ring (bicyclic) bond motifs is 1. The minimum absolute atomic E-state index is 0.108. The highest BCUT2D eigenvalue weighted by Crippen LogP contribution is 2.31. The van der Waals surface area contributed by atoms with E-state index in [-0.39, 0.29) is 18.4 Å². The third-order valence-electron chi connectivity index (χ3n) is 4.93. The second kappa shape index (κ2) is 7.64. The van der Waals surface area contributed by atoms with Crippen molar-refractivity contribution in [3.05, 3.63) is 65.7 Å². The highest BCUT2D eigenvalue weighted by molar-refractivity contribution is 5.98. The van der Waals surface area contributed by atoms with E-state index < -0.39 is 0 Å². The van der Waals surface area contributed by atoms with Crippen LogP contribution in [-0.4, -0.2) is 33.1 Å². The van der Waals surface area contributed by atoms with Crippen LogP contribution in [0.2, 0.25) is 0 Å². The van der Waals surface area contributed by atoms with E-state index in [1.807, 2.05) is 36.5 Å². The molecule has 0 aliphatic heterocycles. The minimum Gasteiger partial charge on any atom is -0.342 e. The fourth-order valence-electron chi connectivity index (χ4n) is 3.52. The molecule has 4 rings (SSSR count).